The fourth-order valence-electron chi connectivity index (χ4n) is 4.35. The fourth-order valence-corrected chi connectivity index (χ4v) is 4.35. The van der Waals surface area contributed by atoms with Gasteiger partial charge in [-0.1, -0.05) is 42.5 Å². The maximum absolute atomic E-state index is 9.73. The van der Waals surface area contributed by atoms with Gasteiger partial charge in [0.1, 0.15) is 11.9 Å². The summed E-state index contributed by atoms with van der Waals surface area (Å²) in [6.07, 6.45) is 6.49. The topological polar surface area (TPSA) is 35.9 Å². The summed E-state index contributed by atoms with van der Waals surface area (Å²) in [5, 5.41) is 9.73. The number of hydrogen-bond donors (Lipinski definition) is 1. The Morgan fingerprint density at radius 3 is 2.57 bits per heavy atom. The van der Waals surface area contributed by atoms with E-state index in [2.05, 4.69) is 52.3 Å². The van der Waals surface area contributed by atoms with Gasteiger partial charge in [-0.25, -0.2) is 0 Å². The Hall–Kier alpha value is -2.30. The average Bonchev–Trinajstić information content (AvgIpc) is 2.94. The Morgan fingerprint density at radius 2 is 1.79 bits per heavy atom. The molecule has 28 heavy (non-hydrogen) atoms. The second-order valence-electron chi connectivity index (χ2n) is 7.98. The maximum Gasteiger partial charge on any atom is 0.123 e. The third-order valence-corrected chi connectivity index (χ3v) is 5.83. The largest absolute Gasteiger partial charge is 0.508 e. The van der Waals surface area contributed by atoms with Crippen molar-refractivity contribution in [1.82, 2.24) is 9.80 Å². The number of ether oxygens (including phenoxy) is 1. The van der Waals surface area contributed by atoms with Crippen LogP contribution in [0.25, 0.3) is 0 Å². The van der Waals surface area contributed by atoms with Crippen LogP contribution in [-0.4, -0.2) is 53.7 Å². The van der Waals surface area contributed by atoms with Crippen molar-refractivity contribution in [2.24, 2.45) is 0 Å². The molecule has 2 heterocycles. The first-order chi connectivity index (χ1) is 13.8. The summed E-state index contributed by atoms with van der Waals surface area (Å²) in [6, 6.07) is 18.4. The van der Waals surface area contributed by atoms with E-state index in [-0.39, 0.29) is 6.10 Å². The first-order valence-corrected chi connectivity index (χ1v) is 10.3. The number of aromatic hydroxyl groups is 1. The number of rotatable bonds is 5. The molecule has 0 unspecified atom stereocenters. The van der Waals surface area contributed by atoms with E-state index in [1.54, 1.807) is 6.07 Å². The molecule has 2 aromatic rings. The van der Waals surface area contributed by atoms with Gasteiger partial charge >= 0.3 is 0 Å². The number of likely N-dealkylation sites (tertiary alicyclic amines) is 1. The van der Waals surface area contributed by atoms with Gasteiger partial charge in [-0.3, -0.25) is 9.80 Å². The lowest BCUT2D eigenvalue weighted by molar-refractivity contribution is 0.0608. The molecule has 2 aliphatic rings. The molecule has 0 amide bonds. The lowest BCUT2D eigenvalue weighted by Crippen LogP contribution is -2.43. The molecule has 0 radical (unpaired) electrons. The van der Waals surface area contributed by atoms with Gasteiger partial charge < -0.3 is 9.84 Å². The standard InChI is InChI=1S/C24H30N2O2/c27-23-9-4-8-22(16-23)21-10-13-25(14-11-21)18-24-19-26(12-5-15-28-24)17-20-6-2-1-3-7-20/h1-9,15-16,21,24,27H,10-14,17-19H2/t24-/m0/s1. The smallest absolute Gasteiger partial charge is 0.123 e. The quantitative estimate of drug-likeness (QED) is 0.854. The van der Waals surface area contributed by atoms with Crippen LogP contribution in [0.4, 0.5) is 0 Å². The molecule has 0 bridgehead atoms. The summed E-state index contributed by atoms with van der Waals surface area (Å²) in [7, 11) is 0. The normalized spacial score (nSPS) is 21.9. The van der Waals surface area contributed by atoms with Crippen molar-refractivity contribution in [3.63, 3.8) is 0 Å². The van der Waals surface area contributed by atoms with Crippen molar-refractivity contribution in [3.05, 3.63) is 78.1 Å². The molecule has 1 fully saturated rings. The third kappa shape index (κ3) is 5.15. The summed E-state index contributed by atoms with van der Waals surface area (Å²) >= 11 is 0. The van der Waals surface area contributed by atoms with Gasteiger partial charge in [-0.2, -0.15) is 0 Å². The number of hydrogen-bond acceptors (Lipinski definition) is 4. The third-order valence-electron chi connectivity index (χ3n) is 5.83. The minimum atomic E-state index is 0.208. The molecule has 1 N–H and O–H groups in total. The van der Waals surface area contributed by atoms with E-state index in [9.17, 15) is 5.11 Å². The first-order valence-electron chi connectivity index (χ1n) is 10.3. The van der Waals surface area contributed by atoms with Gasteiger partial charge in [0.25, 0.3) is 0 Å². The van der Waals surface area contributed by atoms with E-state index in [1.807, 2.05) is 18.4 Å². The molecular weight excluding hydrogens is 348 g/mol. The zero-order valence-electron chi connectivity index (χ0n) is 16.4. The summed E-state index contributed by atoms with van der Waals surface area (Å²) in [5.41, 5.74) is 2.62. The van der Waals surface area contributed by atoms with E-state index < -0.39 is 0 Å². The van der Waals surface area contributed by atoms with E-state index >= 15 is 0 Å². The highest BCUT2D eigenvalue weighted by Crippen LogP contribution is 2.30. The lowest BCUT2D eigenvalue weighted by Gasteiger charge is -2.35. The fraction of sp³-hybridized carbons (Fsp3) is 0.417. The van der Waals surface area contributed by atoms with Gasteiger partial charge in [-0.05, 0) is 61.2 Å². The average molecular weight is 379 g/mol. The zero-order chi connectivity index (χ0) is 19.2. The predicted molar refractivity (Wildman–Crippen MR) is 112 cm³/mol. The van der Waals surface area contributed by atoms with Crippen LogP contribution in [0.15, 0.2) is 66.9 Å². The highest BCUT2D eigenvalue weighted by Gasteiger charge is 2.25. The second-order valence-corrected chi connectivity index (χ2v) is 7.98. The summed E-state index contributed by atoms with van der Waals surface area (Å²) in [5.74, 6) is 0.921. The number of phenolic OH excluding ortho intramolecular Hbond substituents is 1. The van der Waals surface area contributed by atoms with E-state index in [4.69, 9.17) is 4.74 Å². The minimum Gasteiger partial charge on any atom is -0.508 e. The van der Waals surface area contributed by atoms with E-state index in [1.165, 1.54) is 11.1 Å². The van der Waals surface area contributed by atoms with Crippen LogP contribution in [0.3, 0.4) is 0 Å². The van der Waals surface area contributed by atoms with Crippen LogP contribution in [0, 0.1) is 0 Å². The molecular formula is C24H30N2O2. The van der Waals surface area contributed by atoms with Gasteiger partial charge in [0.2, 0.25) is 0 Å². The Morgan fingerprint density at radius 1 is 0.964 bits per heavy atom. The van der Waals surface area contributed by atoms with Crippen molar-refractivity contribution in [1.29, 1.82) is 0 Å². The highest BCUT2D eigenvalue weighted by atomic mass is 16.5. The number of benzene rings is 2. The van der Waals surface area contributed by atoms with E-state index in [0.717, 1.165) is 52.1 Å². The monoisotopic (exact) mass is 378 g/mol. The molecule has 0 aromatic heterocycles. The van der Waals surface area contributed by atoms with Crippen molar-refractivity contribution < 1.29 is 9.84 Å². The number of phenols is 1. The molecule has 1 atom stereocenters. The van der Waals surface area contributed by atoms with Crippen LogP contribution in [0.2, 0.25) is 0 Å². The molecule has 4 rings (SSSR count). The second kappa shape index (κ2) is 9.26. The SMILES string of the molecule is Oc1cccc(C2CCN(C[C@H]3CN(Cc4ccccc4)CC=CO3)CC2)c1. The summed E-state index contributed by atoms with van der Waals surface area (Å²) < 4.78 is 6.00. The molecule has 2 aromatic carbocycles. The van der Waals surface area contributed by atoms with Crippen LogP contribution < -0.4 is 0 Å². The van der Waals surface area contributed by atoms with Crippen LogP contribution in [-0.2, 0) is 11.3 Å². The molecule has 0 spiro atoms. The van der Waals surface area contributed by atoms with Crippen molar-refractivity contribution in [3.8, 4) is 5.75 Å². The number of piperidine rings is 1. The molecule has 2 aliphatic heterocycles. The minimum absolute atomic E-state index is 0.208. The van der Waals surface area contributed by atoms with Crippen LogP contribution in [0.5, 0.6) is 5.75 Å². The zero-order valence-corrected chi connectivity index (χ0v) is 16.4. The van der Waals surface area contributed by atoms with Gasteiger partial charge in [0.15, 0.2) is 0 Å². The van der Waals surface area contributed by atoms with Crippen LogP contribution >= 0.6 is 0 Å². The van der Waals surface area contributed by atoms with Crippen molar-refractivity contribution in [2.75, 3.05) is 32.7 Å². The molecule has 148 valence electrons. The Balaban J connectivity index is 1.28. The maximum atomic E-state index is 9.73. The molecule has 4 nitrogen and oxygen atoms in total. The van der Waals surface area contributed by atoms with Crippen LogP contribution in [0.1, 0.15) is 29.9 Å². The molecule has 4 heteroatoms. The number of nitrogens with zero attached hydrogens (tertiary/aromatic N) is 2. The summed E-state index contributed by atoms with van der Waals surface area (Å²) in [6.45, 7) is 6.00. The summed E-state index contributed by atoms with van der Waals surface area (Å²) in [4.78, 5) is 4.99. The highest BCUT2D eigenvalue weighted by molar-refractivity contribution is 5.30. The van der Waals surface area contributed by atoms with E-state index in [0.29, 0.717) is 11.7 Å². The molecule has 0 saturated carbocycles. The Kier molecular flexibility index (Phi) is 6.30. The van der Waals surface area contributed by atoms with Crippen molar-refractivity contribution >= 4 is 0 Å². The van der Waals surface area contributed by atoms with Gasteiger partial charge in [-0.15, -0.1) is 0 Å². The predicted octanol–water partition coefficient (Wildman–Crippen LogP) is 3.99. The molecule has 1 saturated heterocycles. The lowest BCUT2D eigenvalue weighted by atomic mass is 9.89. The first kappa shape index (κ1) is 19.0. The van der Waals surface area contributed by atoms with Gasteiger partial charge in [0, 0.05) is 26.2 Å². The Labute approximate surface area is 168 Å². The van der Waals surface area contributed by atoms with Crippen molar-refractivity contribution in [2.45, 2.75) is 31.4 Å². The Bertz CT molecular complexity index is 769. The molecule has 0 aliphatic carbocycles. The van der Waals surface area contributed by atoms with Gasteiger partial charge in [0.05, 0.1) is 6.26 Å².